The number of nitrogens with one attached hydrogen (secondary N) is 1. The molecule has 0 aliphatic heterocycles. The number of pyridine rings is 1. The van der Waals surface area contributed by atoms with Gasteiger partial charge in [-0.15, -0.1) is 0 Å². The summed E-state index contributed by atoms with van der Waals surface area (Å²) < 4.78 is 0. The lowest BCUT2D eigenvalue weighted by atomic mass is 10.1. The molecule has 7 nitrogen and oxygen atoms in total. The quantitative estimate of drug-likeness (QED) is 0.505. The van der Waals surface area contributed by atoms with Crippen LogP contribution in [0.3, 0.4) is 0 Å². The van der Waals surface area contributed by atoms with E-state index in [0.717, 1.165) is 0 Å². The molecule has 0 aliphatic rings. The second-order valence-corrected chi connectivity index (χ2v) is 4.12. The highest BCUT2D eigenvalue weighted by molar-refractivity contribution is 6.07. The van der Waals surface area contributed by atoms with Gasteiger partial charge >= 0.3 is 0 Å². The van der Waals surface area contributed by atoms with E-state index in [-0.39, 0.29) is 16.9 Å². The predicted molar refractivity (Wildman–Crippen MR) is 74.4 cm³/mol. The highest BCUT2D eigenvalue weighted by atomic mass is 16.6. The Balaban J connectivity index is 2.37. The van der Waals surface area contributed by atoms with E-state index in [0.29, 0.717) is 11.4 Å². The smallest absolute Gasteiger partial charge is 0.282 e. The van der Waals surface area contributed by atoms with E-state index in [2.05, 4.69) is 10.3 Å². The number of rotatable bonds is 3. The number of hydrogen-bond donors (Lipinski definition) is 2. The fourth-order valence-electron chi connectivity index (χ4n) is 1.70. The average molecular weight is 272 g/mol. The van der Waals surface area contributed by atoms with Crippen LogP contribution in [0.25, 0.3) is 0 Å². The molecule has 3 N–H and O–H groups in total. The number of nitrogens with zero attached hydrogens (tertiary/aromatic N) is 2. The van der Waals surface area contributed by atoms with Gasteiger partial charge in [-0.1, -0.05) is 0 Å². The van der Waals surface area contributed by atoms with Crippen molar-refractivity contribution >= 4 is 23.0 Å². The number of amides is 1. The van der Waals surface area contributed by atoms with Gasteiger partial charge in [0.2, 0.25) is 0 Å². The van der Waals surface area contributed by atoms with Crippen LogP contribution in [0.1, 0.15) is 16.1 Å². The third-order valence-corrected chi connectivity index (χ3v) is 2.72. The molecule has 1 heterocycles. The number of aromatic nitrogens is 1. The fourth-order valence-corrected chi connectivity index (χ4v) is 1.70. The molecule has 20 heavy (non-hydrogen) atoms. The molecule has 2 aromatic rings. The zero-order valence-corrected chi connectivity index (χ0v) is 10.7. The van der Waals surface area contributed by atoms with Gasteiger partial charge in [-0.2, -0.15) is 0 Å². The van der Waals surface area contributed by atoms with Crippen LogP contribution in [0.4, 0.5) is 17.1 Å². The van der Waals surface area contributed by atoms with Crippen LogP contribution in [-0.2, 0) is 0 Å². The topological polar surface area (TPSA) is 111 Å². The molecule has 0 spiro atoms. The Labute approximate surface area is 114 Å². The highest BCUT2D eigenvalue weighted by Gasteiger charge is 2.20. The summed E-state index contributed by atoms with van der Waals surface area (Å²) in [5, 5.41) is 13.5. The number of carbonyl (C=O) groups excluding carboxylic acids is 1. The number of nitrogens with two attached hydrogens (primary N) is 1. The Morgan fingerprint density at radius 3 is 2.80 bits per heavy atom. The molecule has 102 valence electrons. The minimum absolute atomic E-state index is 0.0850. The summed E-state index contributed by atoms with van der Waals surface area (Å²) >= 11 is 0. The second-order valence-electron chi connectivity index (χ2n) is 4.12. The summed E-state index contributed by atoms with van der Waals surface area (Å²) in [5.41, 5.74) is 6.59. The van der Waals surface area contributed by atoms with E-state index in [1.165, 1.54) is 18.2 Å². The largest absolute Gasteiger partial charge is 0.399 e. The number of anilines is 2. The van der Waals surface area contributed by atoms with Gasteiger partial charge in [-0.25, -0.2) is 0 Å². The minimum Gasteiger partial charge on any atom is -0.399 e. The summed E-state index contributed by atoms with van der Waals surface area (Å²) in [7, 11) is 0. The Morgan fingerprint density at radius 2 is 2.15 bits per heavy atom. The lowest BCUT2D eigenvalue weighted by Crippen LogP contribution is -2.15. The number of nitrogen functional groups attached to an aromatic ring is 1. The maximum Gasteiger partial charge on any atom is 0.282 e. The molecule has 1 amide bonds. The third-order valence-electron chi connectivity index (χ3n) is 2.72. The SMILES string of the molecule is Cc1ncccc1NC(=O)c1cc(N)ccc1[N+](=O)[O-]. The lowest BCUT2D eigenvalue weighted by molar-refractivity contribution is -0.385. The zero-order valence-electron chi connectivity index (χ0n) is 10.7. The van der Waals surface area contributed by atoms with E-state index < -0.39 is 10.8 Å². The van der Waals surface area contributed by atoms with Crippen molar-refractivity contribution in [1.82, 2.24) is 4.98 Å². The minimum atomic E-state index is -0.621. The summed E-state index contributed by atoms with van der Waals surface area (Å²) in [5.74, 6) is -0.597. The van der Waals surface area contributed by atoms with E-state index in [9.17, 15) is 14.9 Å². The molecule has 0 unspecified atom stereocenters. The molecule has 7 heteroatoms. The normalized spacial score (nSPS) is 10.1. The first kappa shape index (κ1) is 13.5. The van der Waals surface area contributed by atoms with Gasteiger partial charge in [0.25, 0.3) is 11.6 Å². The summed E-state index contributed by atoms with van der Waals surface area (Å²) in [6, 6.07) is 7.19. The van der Waals surface area contributed by atoms with Crippen LogP contribution >= 0.6 is 0 Å². The van der Waals surface area contributed by atoms with Gasteiger partial charge in [0, 0.05) is 18.0 Å². The Hall–Kier alpha value is -2.96. The van der Waals surface area contributed by atoms with Crippen molar-refractivity contribution in [3.05, 3.63) is 57.9 Å². The molecular weight excluding hydrogens is 260 g/mol. The van der Waals surface area contributed by atoms with Crippen LogP contribution in [-0.4, -0.2) is 15.8 Å². The van der Waals surface area contributed by atoms with Crippen molar-refractivity contribution in [3.63, 3.8) is 0 Å². The Kier molecular flexibility index (Phi) is 3.60. The van der Waals surface area contributed by atoms with Crippen molar-refractivity contribution in [2.45, 2.75) is 6.92 Å². The Morgan fingerprint density at radius 1 is 1.40 bits per heavy atom. The second kappa shape index (κ2) is 5.35. The van der Waals surface area contributed by atoms with E-state index >= 15 is 0 Å². The van der Waals surface area contributed by atoms with Gasteiger partial charge in [0.1, 0.15) is 5.56 Å². The number of nitro benzene ring substituents is 1. The van der Waals surface area contributed by atoms with Gasteiger partial charge in [0.05, 0.1) is 16.3 Å². The van der Waals surface area contributed by atoms with Crippen molar-refractivity contribution in [2.75, 3.05) is 11.1 Å². The lowest BCUT2D eigenvalue weighted by Gasteiger charge is -2.08. The van der Waals surface area contributed by atoms with Crippen LogP contribution in [0.2, 0.25) is 0 Å². The van der Waals surface area contributed by atoms with Gasteiger partial charge < -0.3 is 11.1 Å². The van der Waals surface area contributed by atoms with Crippen LogP contribution < -0.4 is 11.1 Å². The maximum atomic E-state index is 12.1. The first-order chi connectivity index (χ1) is 9.49. The number of aryl methyl sites for hydroxylation is 1. The molecular formula is C13H12N4O3. The summed E-state index contributed by atoms with van der Waals surface area (Å²) in [4.78, 5) is 26.5. The molecule has 0 fully saturated rings. The number of nitro groups is 1. The van der Waals surface area contributed by atoms with Gasteiger partial charge in [0.15, 0.2) is 0 Å². The maximum absolute atomic E-state index is 12.1. The first-order valence-electron chi connectivity index (χ1n) is 5.76. The number of carbonyl (C=O) groups is 1. The van der Waals surface area contributed by atoms with E-state index in [1.807, 2.05) is 0 Å². The molecule has 0 radical (unpaired) electrons. The van der Waals surface area contributed by atoms with Crippen LogP contribution in [0.5, 0.6) is 0 Å². The average Bonchev–Trinajstić information content (AvgIpc) is 2.40. The number of benzene rings is 1. The molecule has 1 aromatic heterocycles. The van der Waals surface area contributed by atoms with E-state index in [4.69, 9.17) is 5.73 Å². The standard InChI is InChI=1S/C13H12N4O3/c1-8-11(3-2-6-15-8)16-13(18)10-7-9(14)4-5-12(10)17(19)20/h2-7H,14H2,1H3,(H,16,18). The molecule has 0 aliphatic carbocycles. The Bertz CT molecular complexity index is 685. The molecule has 1 aromatic carbocycles. The third kappa shape index (κ3) is 2.72. The van der Waals surface area contributed by atoms with Crippen molar-refractivity contribution in [3.8, 4) is 0 Å². The molecule has 2 rings (SSSR count). The van der Waals surface area contributed by atoms with Crippen molar-refractivity contribution in [1.29, 1.82) is 0 Å². The molecule has 0 atom stereocenters. The molecule has 0 saturated heterocycles. The van der Waals surface area contributed by atoms with E-state index in [1.54, 1.807) is 25.3 Å². The number of hydrogen-bond acceptors (Lipinski definition) is 5. The molecule has 0 bridgehead atoms. The monoisotopic (exact) mass is 272 g/mol. The van der Waals surface area contributed by atoms with Crippen LogP contribution in [0, 0.1) is 17.0 Å². The first-order valence-corrected chi connectivity index (χ1v) is 5.76. The van der Waals surface area contributed by atoms with Crippen molar-refractivity contribution in [2.24, 2.45) is 0 Å². The highest BCUT2D eigenvalue weighted by Crippen LogP contribution is 2.23. The summed E-state index contributed by atoms with van der Waals surface area (Å²) in [6.45, 7) is 1.73. The summed E-state index contributed by atoms with van der Waals surface area (Å²) in [6.07, 6.45) is 1.59. The van der Waals surface area contributed by atoms with Gasteiger partial charge in [-0.05, 0) is 31.2 Å². The predicted octanol–water partition coefficient (Wildman–Crippen LogP) is 2.13. The van der Waals surface area contributed by atoms with Gasteiger partial charge in [-0.3, -0.25) is 19.9 Å². The van der Waals surface area contributed by atoms with Crippen LogP contribution in [0.15, 0.2) is 36.5 Å². The zero-order chi connectivity index (χ0) is 14.7. The molecule has 0 saturated carbocycles. The van der Waals surface area contributed by atoms with Crippen molar-refractivity contribution < 1.29 is 9.72 Å². The fraction of sp³-hybridized carbons (Fsp3) is 0.0769.